The van der Waals surface area contributed by atoms with Gasteiger partial charge in [0, 0.05) is 17.2 Å². The van der Waals surface area contributed by atoms with Crippen molar-refractivity contribution in [1.82, 2.24) is 9.55 Å². The zero-order valence-corrected chi connectivity index (χ0v) is 11.8. The van der Waals surface area contributed by atoms with Crippen LogP contribution >= 0.6 is 0 Å². The summed E-state index contributed by atoms with van der Waals surface area (Å²) in [6.07, 6.45) is 1.42. The summed E-state index contributed by atoms with van der Waals surface area (Å²) in [5, 5.41) is 0. The third kappa shape index (κ3) is 3.01. The predicted molar refractivity (Wildman–Crippen MR) is 84.7 cm³/mol. The van der Waals surface area contributed by atoms with Gasteiger partial charge in [-0.05, 0) is 0 Å². The molecule has 3 rings (SSSR count). The fourth-order valence-corrected chi connectivity index (χ4v) is 2.18. The molecule has 0 amide bonds. The highest BCUT2D eigenvalue weighted by molar-refractivity contribution is 5.95. The van der Waals surface area contributed by atoms with E-state index in [0.29, 0.717) is 11.3 Å². The maximum absolute atomic E-state index is 12.2. The molecule has 3 aromatic rings. The Morgan fingerprint density at radius 3 is 2.23 bits per heavy atom. The van der Waals surface area contributed by atoms with Crippen LogP contribution in [-0.4, -0.2) is 15.3 Å². The second-order valence-corrected chi connectivity index (χ2v) is 4.90. The Morgan fingerprint density at radius 1 is 0.955 bits per heavy atom. The first-order valence-corrected chi connectivity index (χ1v) is 6.94. The van der Waals surface area contributed by atoms with Crippen LogP contribution in [0.15, 0.2) is 77.9 Å². The number of nitrogens with zero attached hydrogens (tertiary/aromatic N) is 2. The Morgan fingerprint density at radius 2 is 1.59 bits per heavy atom. The Bertz CT molecular complexity index is 840. The summed E-state index contributed by atoms with van der Waals surface area (Å²) in [5.74, 6) is -0.114. The van der Waals surface area contributed by atoms with E-state index in [1.807, 2.05) is 36.4 Å². The van der Waals surface area contributed by atoms with Crippen LogP contribution in [0.25, 0.3) is 11.3 Å². The molecule has 2 aromatic carbocycles. The van der Waals surface area contributed by atoms with Crippen molar-refractivity contribution < 1.29 is 4.79 Å². The average molecular weight is 290 g/mol. The smallest absolute Gasteiger partial charge is 0.254 e. The highest BCUT2D eigenvalue weighted by Gasteiger charge is 2.08. The molecule has 4 nitrogen and oxygen atoms in total. The van der Waals surface area contributed by atoms with E-state index in [-0.39, 0.29) is 17.9 Å². The lowest BCUT2D eigenvalue weighted by molar-refractivity contribution is 0.0970. The van der Waals surface area contributed by atoms with Crippen LogP contribution in [0.2, 0.25) is 0 Å². The van der Waals surface area contributed by atoms with E-state index in [9.17, 15) is 9.59 Å². The fraction of sp³-hybridized carbons (Fsp3) is 0.0556. The minimum absolute atomic E-state index is 0.00901. The number of Topliss-reactive ketones (excluding diaryl/α,β-unsaturated/α-hetero) is 1. The number of carbonyl (C=O) groups is 1. The molecule has 1 heterocycles. The number of carbonyl (C=O) groups excluding carboxylic acids is 1. The largest absolute Gasteiger partial charge is 0.292 e. The number of aromatic nitrogens is 2. The van der Waals surface area contributed by atoms with Gasteiger partial charge in [0.25, 0.3) is 5.56 Å². The SMILES string of the molecule is O=C(Cn1cnc(-c2ccccc2)cc1=O)c1ccccc1. The zero-order chi connectivity index (χ0) is 15.4. The molecule has 0 aliphatic carbocycles. The van der Waals surface area contributed by atoms with E-state index in [0.717, 1.165) is 5.56 Å². The summed E-state index contributed by atoms with van der Waals surface area (Å²) >= 11 is 0. The van der Waals surface area contributed by atoms with Gasteiger partial charge in [0.1, 0.15) is 0 Å². The second-order valence-electron chi connectivity index (χ2n) is 4.90. The van der Waals surface area contributed by atoms with Crippen molar-refractivity contribution in [1.29, 1.82) is 0 Å². The zero-order valence-electron chi connectivity index (χ0n) is 11.8. The highest BCUT2D eigenvalue weighted by atomic mass is 16.1. The number of ketones is 1. The molecule has 0 aliphatic rings. The molecule has 0 saturated carbocycles. The van der Waals surface area contributed by atoms with Gasteiger partial charge in [-0.15, -0.1) is 0 Å². The third-order valence-electron chi connectivity index (χ3n) is 3.36. The minimum atomic E-state index is -0.238. The second kappa shape index (κ2) is 6.18. The van der Waals surface area contributed by atoms with Gasteiger partial charge in [0.05, 0.1) is 18.6 Å². The van der Waals surface area contributed by atoms with Gasteiger partial charge < -0.3 is 0 Å². The Balaban J connectivity index is 1.85. The third-order valence-corrected chi connectivity index (χ3v) is 3.36. The number of hydrogen-bond donors (Lipinski definition) is 0. The number of benzene rings is 2. The van der Waals surface area contributed by atoms with Gasteiger partial charge in [-0.1, -0.05) is 60.7 Å². The van der Waals surface area contributed by atoms with E-state index in [1.54, 1.807) is 24.3 Å². The highest BCUT2D eigenvalue weighted by Crippen LogP contribution is 2.13. The maximum Gasteiger partial charge on any atom is 0.254 e. The van der Waals surface area contributed by atoms with Crippen LogP contribution in [0, 0.1) is 0 Å². The monoisotopic (exact) mass is 290 g/mol. The van der Waals surface area contributed by atoms with E-state index in [2.05, 4.69) is 4.98 Å². The Kier molecular flexibility index (Phi) is 3.92. The molecule has 0 radical (unpaired) electrons. The first-order valence-electron chi connectivity index (χ1n) is 6.94. The molecule has 1 aromatic heterocycles. The number of rotatable bonds is 4. The molecule has 0 saturated heterocycles. The Labute approximate surface area is 127 Å². The first kappa shape index (κ1) is 13.9. The quantitative estimate of drug-likeness (QED) is 0.694. The van der Waals surface area contributed by atoms with Crippen molar-refractivity contribution in [2.24, 2.45) is 0 Å². The molecule has 0 unspecified atom stereocenters. The molecular weight excluding hydrogens is 276 g/mol. The minimum Gasteiger partial charge on any atom is -0.292 e. The van der Waals surface area contributed by atoms with Crippen LogP contribution in [0.3, 0.4) is 0 Å². The van der Waals surface area contributed by atoms with Crippen LogP contribution in [-0.2, 0) is 6.54 Å². The molecule has 0 bridgehead atoms. The summed E-state index contributed by atoms with van der Waals surface area (Å²) in [7, 11) is 0. The van der Waals surface area contributed by atoms with Gasteiger partial charge in [0.15, 0.2) is 5.78 Å². The molecule has 4 heteroatoms. The summed E-state index contributed by atoms with van der Waals surface area (Å²) in [5.41, 5.74) is 1.83. The van der Waals surface area contributed by atoms with Crippen molar-refractivity contribution >= 4 is 5.78 Å². The molecule has 0 fully saturated rings. The van der Waals surface area contributed by atoms with Crippen molar-refractivity contribution in [3.05, 3.63) is 89.0 Å². The summed E-state index contributed by atoms with van der Waals surface area (Å²) in [6, 6.07) is 19.8. The van der Waals surface area contributed by atoms with E-state index >= 15 is 0 Å². The van der Waals surface area contributed by atoms with Crippen molar-refractivity contribution in [2.45, 2.75) is 6.54 Å². The van der Waals surface area contributed by atoms with Crippen LogP contribution in [0.4, 0.5) is 0 Å². The normalized spacial score (nSPS) is 10.4. The molecule has 108 valence electrons. The average Bonchev–Trinajstić information content (AvgIpc) is 2.58. The predicted octanol–water partition coefficient (Wildman–Crippen LogP) is 2.79. The molecule has 0 atom stereocenters. The maximum atomic E-state index is 12.2. The Hall–Kier alpha value is -3.01. The molecule has 0 aliphatic heterocycles. The summed E-state index contributed by atoms with van der Waals surface area (Å²) < 4.78 is 1.32. The lowest BCUT2D eigenvalue weighted by Gasteiger charge is -2.06. The van der Waals surface area contributed by atoms with Gasteiger partial charge in [-0.25, -0.2) is 4.98 Å². The molecular formula is C18H14N2O2. The molecule has 22 heavy (non-hydrogen) atoms. The van der Waals surface area contributed by atoms with E-state index < -0.39 is 0 Å². The topological polar surface area (TPSA) is 52.0 Å². The van der Waals surface area contributed by atoms with Crippen LogP contribution in [0.1, 0.15) is 10.4 Å². The van der Waals surface area contributed by atoms with Crippen molar-refractivity contribution in [2.75, 3.05) is 0 Å². The standard InChI is InChI=1S/C18H14N2O2/c21-17(15-9-5-2-6-10-15)12-20-13-19-16(11-18(20)22)14-7-3-1-4-8-14/h1-11,13H,12H2. The number of hydrogen-bond acceptors (Lipinski definition) is 3. The summed E-state index contributed by atoms with van der Waals surface area (Å²) in [6.45, 7) is -0.00901. The lowest BCUT2D eigenvalue weighted by atomic mass is 10.1. The van der Waals surface area contributed by atoms with Gasteiger partial charge in [-0.2, -0.15) is 0 Å². The molecule has 0 spiro atoms. The fourth-order valence-electron chi connectivity index (χ4n) is 2.18. The lowest BCUT2D eigenvalue weighted by Crippen LogP contribution is -2.24. The van der Waals surface area contributed by atoms with Gasteiger partial charge in [-0.3, -0.25) is 14.2 Å². The van der Waals surface area contributed by atoms with E-state index in [1.165, 1.54) is 17.0 Å². The van der Waals surface area contributed by atoms with E-state index in [4.69, 9.17) is 0 Å². The van der Waals surface area contributed by atoms with Crippen LogP contribution < -0.4 is 5.56 Å². The van der Waals surface area contributed by atoms with Gasteiger partial charge in [0.2, 0.25) is 0 Å². The first-order chi connectivity index (χ1) is 10.7. The van der Waals surface area contributed by atoms with Crippen molar-refractivity contribution in [3.63, 3.8) is 0 Å². The summed E-state index contributed by atoms with van der Waals surface area (Å²) in [4.78, 5) is 28.6. The van der Waals surface area contributed by atoms with Crippen LogP contribution in [0.5, 0.6) is 0 Å². The molecule has 0 N–H and O–H groups in total. The van der Waals surface area contributed by atoms with Crippen molar-refractivity contribution in [3.8, 4) is 11.3 Å². The van der Waals surface area contributed by atoms with Gasteiger partial charge >= 0.3 is 0 Å².